The maximum absolute atomic E-state index is 12.3. The monoisotopic (exact) mass is 299 g/mol. The van der Waals surface area contributed by atoms with E-state index in [1.807, 2.05) is 0 Å². The Morgan fingerprint density at radius 3 is 2.53 bits per heavy atom. The molecule has 5 nitrogen and oxygen atoms in total. The molecule has 0 radical (unpaired) electrons. The van der Waals surface area contributed by atoms with Crippen LogP contribution in [0.3, 0.4) is 0 Å². The van der Waals surface area contributed by atoms with Crippen LogP contribution in [0.15, 0.2) is 17.2 Å². The van der Waals surface area contributed by atoms with E-state index in [-0.39, 0.29) is 11.4 Å². The average Bonchev–Trinajstić information content (AvgIpc) is 2.74. The summed E-state index contributed by atoms with van der Waals surface area (Å²) >= 11 is 0. The molecule has 1 rings (SSSR count). The molecule has 0 aromatic carbocycles. The maximum atomic E-state index is 12.3. The highest BCUT2D eigenvalue weighted by Gasteiger charge is 2.36. The molecule has 0 unspecified atom stereocenters. The summed E-state index contributed by atoms with van der Waals surface area (Å²) in [6.07, 6.45) is -3.37. The second-order valence-electron chi connectivity index (χ2n) is 3.94. The number of aromatic amines is 1. The van der Waals surface area contributed by atoms with Gasteiger partial charge in [-0.3, -0.25) is 0 Å². The van der Waals surface area contributed by atoms with E-state index < -0.39 is 22.7 Å². The minimum atomic E-state index is -4.56. The van der Waals surface area contributed by atoms with Crippen molar-refractivity contribution in [2.45, 2.75) is 24.5 Å². The normalized spacial score (nSPS) is 13.2. The van der Waals surface area contributed by atoms with E-state index >= 15 is 0 Å². The number of alkyl halides is 3. The average molecular weight is 299 g/mol. The molecule has 1 aromatic heterocycles. The van der Waals surface area contributed by atoms with Gasteiger partial charge >= 0.3 is 6.18 Å². The van der Waals surface area contributed by atoms with Crippen LogP contribution >= 0.6 is 0 Å². The zero-order valence-electron chi connectivity index (χ0n) is 10.6. The predicted molar refractivity (Wildman–Crippen MR) is 64.0 cm³/mol. The van der Waals surface area contributed by atoms with E-state index in [4.69, 9.17) is 0 Å². The fourth-order valence-corrected chi connectivity index (χ4v) is 3.03. The Bertz CT molecular complexity index is 510. The van der Waals surface area contributed by atoms with Gasteiger partial charge in [-0.2, -0.15) is 17.5 Å². The van der Waals surface area contributed by atoms with Crippen LogP contribution in [0.2, 0.25) is 0 Å². The summed E-state index contributed by atoms with van der Waals surface area (Å²) in [7, 11) is -2.45. The largest absolute Gasteiger partial charge is 0.402 e. The van der Waals surface area contributed by atoms with Crippen molar-refractivity contribution in [1.82, 2.24) is 14.6 Å². The van der Waals surface area contributed by atoms with Crippen LogP contribution < -0.4 is 5.32 Å². The lowest BCUT2D eigenvalue weighted by Crippen LogP contribution is -2.38. The molecule has 0 aliphatic carbocycles. The van der Waals surface area contributed by atoms with Gasteiger partial charge in [-0.15, -0.1) is 0 Å². The maximum Gasteiger partial charge on any atom is 0.402 e. The van der Waals surface area contributed by atoms with Gasteiger partial charge in [0.25, 0.3) is 0 Å². The molecular weight excluding hydrogens is 283 g/mol. The van der Waals surface area contributed by atoms with E-state index in [2.05, 4.69) is 10.3 Å². The second-order valence-corrected chi connectivity index (χ2v) is 5.88. The summed E-state index contributed by atoms with van der Waals surface area (Å²) in [5.41, 5.74) is 0.587. The van der Waals surface area contributed by atoms with E-state index in [1.54, 1.807) is 7.05 Å². The van der Waals surface area contributed by atoms with Crippen LogP contribution in [0.4, 0.5) is 13.2 Å². The van der Waals surface area contributed by atoms with Gasteiger partial charge in [0.1, 0.15) is 6.54 Å². The smallest absolute Gasteiger partial charge is 0.363 e. The van der Waals surface area contributed by atoms with Gasteiger partial charge in [0.15, 0.2) is 0 Å². The lowest BCUT2D eigenvalue weighted by atomic mass is 10.4. The van der Waals surface area contributed by atoms with Gasteiger partial charge in [0, 0.05) is 25.0 Å². The SMILES string of the molecule is CCN(CC(F)(F)F)S(=O)(=O)c1c[nH]c(CNC)c1. The number of rotatable bonds is 6. The molecule has 110 valence electrons. The molecule has 0 saturated carbocycles. The van der Waals surface area contributed by atoms with Gasteiger partial charge in [0.2, 0.25) is 10.0 Å². The molecule has 0 spiro atoms. The molecule has 2 N–H and O–H groups in total. The number of sulfonamides is 1. The van der Waals surface area contributed by atoms with Crippen molar-refractivity contribution >= 4 is 10.0 Å². The lowest BCUT2D eigenvalue weighted by Gasteiger charge is -2.20. The zero-order chi connectivity index (χ0) is 14.7. The third-order valence-corrected chi connectivity index (χ3v) is 4.33. The van der Waals surface area contributed by atoms with Crippen molar-refractivity contribution < 1.29 is 21.6 Å². The van der Waals surface area contributed by atoms with Crippen molar-refractivity contribution in [3.63, 3.8) is 0 Å². The van der Waals surface area contributed by atoms with E-state index in [1.165, 1.54) is 19.2 Å². The Morgan fingerprint density at radius 1 is 1.42 bits per heavy atom. The number of H-pyrrole nitrogens is 1. The van der Waals surface area contributed by atoms with Crippen LogP contribution in [-0.2, 0) is 16.6 Å². The Morgan fingerprint density at radius 2 is 2.05 bits per heavy atom. The quantitative estimate of drug-likeness (QED) is 0.832. The molecule has 0 aliphatic heterocycles. The molecular formula is C10H16F3N3O2S. The standard InChI is InChI=1S/C10H16F3N3O2S/c1-3-16(7-10(11,12)13)19(17,18)9-4-8(5-14-2)15-6-9/h4,6,14-15H,3,5,7H2,1-2H3. The van der Waals surface area contributed by atoms with Crippen LogP contribution in [0.5, 0.6) is 0 Å². The zero-order valence-corrected chi connectivity index (χ0v) is 11.4. The van der Waals surface area contributed by atoms with Crippen molar-refractivity contribution in [1.29, 1.82) is 0 Å². The Labute approximate surface area is 109 Å². The summed E-state index contributed by atoms with van der Waals surface area (Å²) in [4.78, 5) is 2.54. The van der Waals surface area contributed by atoms with Crippen molar-refractivity contribution in [2.24, 2.45) is 0 Å². The second kappa shape index (κ2) is 5.93. The summed E-state index contributed by atoms with van der Waals surface area (Å²) in [5, 5.41) is 2.81. The van der Waals surface area contributed by atoms with Crippen LogP contribution in [0.1, 0.15) is 12.6 Å². The first-order chi connectivity index (χ1) is 8.70. The van der Waals surface area contributed by atoms with Crippen LogP contribution in [-0.4, -0.2) is 44.0 Å². The van der Waals surface area contributed by atoms with Crippen molar-refractivity contribution in [3.8, 4) is 0 Å². The van der Waals surface area contributed by atoms with Crippen molar-refractivity contribution in [2.75, 3.05) is 20.1 Å². The topological polar surface area (TPSA) is 65.2 Å². The van der Waals surface area contributed by atoms with Gasteiger partial charge in [-0.05, 0) is 13.1 Å². The van der Waals surface area contributed by atoms with E-state index in [9.17, 15) is 21.6 Å². The summed E-state index contributed by atoms with van der Waals surface area (Å²) in [6, 6.07) is 1.32. The molecule has 0 atom stereocenters. The predicted octanol–water partition coefficient (Wildman–Crippen LogP) is 1.31. The molecule has 0 aliphatic rings. The molecule has 1 aromatic rings. The van der Waals surface area contributed by atoms with E-state index in [0.717, 1.165) is 0 Å². The number of nitrogens with one attached hydrogen (secondary N) is 2. The van der Waals surface area contributed by atoms with Gasteiger partial charge in [0.05, 0.1) is 4.90 Å². The summed E-state index contributed by atoms with van der Waals surface area (Å²) < 4.78 is 61.5. The molecule has 19 heavy (non-hydrogen) atoms. The van der Waals surface area contributed by atoms with Gasteiger partial charge in [-0.1, -0.05) is 6.92 Å². The molecule has 0 amide bonds. The Kier molecular flexibility index (Phi) is 4.99. The number of hydrogen-bond donors (Lipinski definition) is 2. The molecule has 9 heteroatoms. The number of hydrogen-bond acceptors (Lipinski definition) is 3. The first kappa shape index (κ1) is 16.0. The third kappa shape index (κ3) is 4.22. The molecule has 0 fully saturated rings. The van der Waals surface area contributed by atoms with E-state index in [0.29, 0.717) is 16.5 Å². The fraction of sp³-hybridized carbons (Fsp3) is 0.600. The highest BCUT2D eigenvalue weighted by molar-refractivity contribution is 7.89. The number of aromatic nitrogens is 1. The first-order valence-corrected chi connectivity index (χ1v) is 7.03. The number of nitrogens with zero attached hydrogens (tertiary/aromatic N) is 1. The van der Waals surface area contributed by atoms with Gasteiger partial charge < -0.3 is 10.3 Å². The molecule has 0 bridgehead atoms. The Hall–Kier alpha value is -1.06. The fourth-order valence-electron chi connectivity index (χ4n) is 1.58. The van der Waals surface area contributed by atoms with Crippen LogP contribution in [0.25, 0.3) is 0 Å². The Balaban J connectivity index is 2.99. The minimum Gasteiger partial charge on any atom is -0.363 e. The highest BCUT2D eigenvalue weighted by atomic mass is 32.2. The molecule has 0 saturated heterocycles. The summed E-state index contributed by atoms with van der Waals surface area (Å²) in [5.74, 6) is 0. The molecule has 1 heterocycles. The van der Waals surface area contributed by atoms with Crippen LogP contribution in [0, 0.1) is 0 Å². The minimum absolute atomic E-state index is 0.163. The van der Waals surface area contributed by atoms with Gasteiger partial charge in [-0.25, -0.2) is 8.42 Å². The highest BCUT2D eigenvalue weighted by Crippen LogP contribution is 2.22. The number of halogens is 3. The van der Waals surface area contributed by atoms with Crippen molar-refractivity contribution in [3.05, 3.63) is 18.0 Å². The third-order valence-electron chi connectivity index (χ3n) is 2.43. The lowest BCUT2D eigenvalue weighted by molar-refractivity contribution is -0.135. The first-order valence-electron chi connectivity index (χ1n) is 5.59. The summed E-state index contributed by atoms with van der Waals surface area (Å²) in [6.45, 7) is 0.0398.